The summed E-state index contributed by atoms with van der Waals surface area (Å²) in [5.74, 6) is 0. The van der Waals surface area contributed by atoms with E-state index >= 15 is 0 Å². The summed E-state index contributed by atoms with van der Waals surface area (Å²) in [6, 6.07) is 6.74. The molecule has 85 valence electrons. The SMILES string of the molecule is [CH2]CCCCCc1ccc2c(c1)CCC=N2. The Morgan fingerprint density at radius 3 is 3.00 bits per heavy atom. The first-order chi connectivity index (χ1) is 7.90. The third-order valence-corrected chi connectivity index (χ3v) is 3.13. The number of unbranched alkanes of at least 4 members (excludes halogenated alkanes) is 3. The van der Waals surface area contributed by atoms with Crippen molar-refractivity contribution in [2.24, 2.45) is 4.99 Å². The van der Waals surface area contributed by atoms with Gasteiger partial charge in [-0.2, -0.15) is 0 Å². The zero-order chi connectivity index (χ0) is 11.2. The van der Waals surface area contributed by atoms with Gasteiger partial charge in [0.25, 0.3) is 0 Å². The predicted molar refractivity (Wildman–Crippen MR) is 70.4 cm³/mol. The lowest BCUT2D eigenvalue weighted by Crippen LogP contribution is -1.95. The van der Waals surface area contributed by atoms with Crippen LogP contribution < -0.4 is 0 Å². The fraction of sp³-hybridized carbons (Fsp3) is 0.467. The summed E-state index contributed by atoms with van der Waals surface area (Å²) < 4.78 is 0. The molecule has 0 bridgehead atoms. The molecule has 1 radical (unpaired) electrons. The molecule has 0 N–H and O–H groups in total. The van der Waals surface area contributed by atoms with Gasteiger partial charge in [0.1, 0.15) is 0 Å². The van der Waals surface area contributed by atoms with Crippen LogP contribution in [-0.2, 0) is 12.8 Å². The molecule has 0 saturated heterocycles. The highest BCUT2D eigenvalue weighted by atomic mass is 14.7. The van der Waals surface area contributed by atoms with Crippen LogP contribution in [0.1, 0.15) is 43.2 Å². The minimum Gasteiger partial charge on any atom is -0.261 e. The molecule has 0 saturated carbocycles. The molecule has 0 aromatic heterocycles. The molecular formula is C15H20N. The normalized spacial score (nSPS) is 13.8. The van der Waals surface area contributed by atoms with Crippen LogP contribution in [0, 0.1) is 6.92 Å². The molecule has 0 fully saturated rings. The first kappa shape index (κ1) is 11.4. The van der Waals surface area contributed by atoms with E-state index in [0.29, 0.717) is 0 Å². The predicted octanol–water partition coefficient (Wildman–Crippen LogP) is 4.27. The number of hydrogen-bond donors (Lipinski definition) is 0. The van der Waals surface area contributed by atoms with Gasteiger partial charge >= 0.3 is 0 Å². The van der Waals surface area contributed by atoms with Crippen LogP contribution in [0.15, 0.2) is 23.2 Å². The number of hydrogen-bond acceptors (Lipinski definition) is 1. The summed E-state index contributed by atoms with van der Waals surface area (Å²) in [6.07, 6.45) is 10.4. The molecule has 0 amide bonds. The second kappa shape index (κ2) is 5.83. The van der Waals surface area contributed by atoms with Crippen LogP contribution in [0.25, 0.3) is 0 Å². The highest BCUT2D eigenvalue weighted by molar-refractivity contribution is 5.68. The molecule has 1 aliphatic rings. The van der Waals surface area contributed by atoms with Gasteiger partial charge < -0.3 is 0 Å². The van der Waals surface area contributed by atoms with Crippen LogP contribution >= 0.6 is 0 Å². The number of aryl methyl sites for hydroxylation is 2. The van der Waals surface area contributed by atoms with Gasteiger partial charge in [0.05, 0.1) is 5.69 Å². The molecule has 0 unspecified atom stereocenters. The van der Waals surface area contributed by atoms with Gasteiger partial charge in [-0.3, -0.25) is 4.99 Å². The Bertz CT molecular complexity index is 366. The third kappa shape index (κ3) is 2.94. The molecule has 2 rings (SSSR count). The van der Waals surface area contributed by atoms with Crippen molar-refractivity contribution >= 4 is 11.9 Å². The van der Waals surface area contributed by atoms with E-state index in [4.69, 9.17) is 0 Å². The second-order valence-electron chi connectivity index (χ2n) is 4.48. The summed E-state index contributed by atoms with van der Waals surface area (Å²) in [5.41, 5.74) is 4.07. The first-order valence-corrected chi connectivity index (χ1v) is 6.34. The molecule has 16 heavy (non-hydrogen) atoms. The highest BCUT2D eigenvalue weighted by Gasteiger charge is 2.05. The maximum atomic E-state index is 4.41. The number of fused-ring (bicyclic) bond motifs is 1. The number of rotatable bonds is 5. The Morgan fingerprint density at radius 2 is 2.12 bits per heavy atom. The van der Waals surface area contributed by atoms with E-state index in [1.165, 1.54) is 42.5 Å². The van der Waals surface area contributed by atoms with E-state index in [0.717, 1.165) is 19.3 Å². The van der Waals surface area contributed by atoms with Crippen LogP contribution in [0.5, 0.6) is 0 Å². The van der Waals surface area contributed by atoms with E-state index in [1.807, 2.05) is 6.21 Å². The van der Waals surface area contributed by atoms with Gasteiger partial charge in [0.2, 0.25) is 0 Å². The minimum absolute atomic E-state index is 1.07. The van der Waals surface area contributed by atoms with Crippen molar-refractivity contribution < 1.29 is 0 Å². The van der Waals surface area contributed by atoms with Crippen molar-refractivity contribution in [2.75, 3.05) is 0 Å². The second-order valence-corrected chi connectivity index (χ2v) is 4.48. The summed E-state index contributed by atoms with van der Waals surface area (Å²) in [6.45, 7) is 3.87. The quantitative estimate of drug-likeness (QED) is 0.649. The lowest BCUT2D eigenvalue weighted by atomic mass is 9.99. The van der Waals surface area contributed by atoms with Gasteiger partial charge in [-0.25, -0.2) is 0 Å². The van der Waals surface area contributed by atoms with Gasteiger partial charge in [0, 0.05) is 6.21 Å². The van der Waals surface area contributed by atoms with Crippen LogP contribution in [0.4, 0.5) is 5.69 Å². The maximum absolute atomic E-state index is 4.41. The number of aliphatic imine (C=N–C) groups is 1. The van der Waals surface area contributed by atoms with Gasteiger partial charge in [-0.15, -0.1) is 0 Å². The van der Waals surface area contributed by atoms with Crippen molar-refractivity contribution in [1.29, 1.82) is 0 Å². The highest BCUT2D eigenvalue weighted by Crippen LogP contribution is 2.25. The van der Waals surface area contributed by atoms with Crippen LogP contribution in [0.3, 0.4) is 0 Å². The van der Waals surface area contributed by atoms with E-state index < -0.39 is 0 Å². The molecule has 1 aromatic carbocycles. The van der Waals surface area contributed by atoms with Crippen LogP contribution in [-0.4, -0.2) is 6.21 Å². The molecular weight excluding hydrogens is 194 g/mol. The molecule has 1 aromatic rings. The van der Waals surface area contributed by atoms with Crippen molar-refractivity contribution in [3.05, 3.63) is 36.2 Å². The van der Waals surface area contributed by atoms with Crippen molar-refractivity contribution in [3.8, 4) is 0 Å². The molecule has 0 atom stereocenters. The summed E-state index contributed by atoms with van der Waals surface area (Å²) in [7, 11) is 0. The number of nitrogens with zero attached hydrogens (tertiary/aromatic N) is 1. The smallest absolute Gasteiger partial charge is 0.0657 e. The monoisotopic (exact) mass is 214 g/mol. The zero-order valence-corrected chi connectivity index (χ0v) is 9.91. The number of benzene rings is 1. The first-order valence-electron chi connectivity index (χ1n) is 6.34. The lowest BCUT2D eigenvalue weighted by molar-refractivity contribution is 0.685. The molecule has 1 heteroatoms. The average Bonchev–Trinajstić information content (AvgIpc) is 2.34. The molecule has 0 aliphatic carbocycles. The average molecular weight is 214 g/mol. The fourth-order valence-electron chi connectivity index (χ4n) is 2.19. The Balaban J connectivity index is 1.93. The topological polar surface area (TPSA) is 12.4 Å². The van der Waals surface area contributed by atoms with Crippen LogP contribution in [0.2, 0.25) is 0 Å². The molecule has 1 heterocycles. The van der Waals surface area contributed by atoms with E-state index in [2.05, 4.69) is 30.1 Å². The lowest BCUT2D eigenvalue weighted by Gasteiger charge is -2.11. The third-order valence-electron chi connectivity index (χ3n) is 3.13. The van der Waals surface area contributed by atoms with E-state index in [9.17, 15) is 0 Å². The van der Waals surface area contributed by atoms with E-state index in [1.54, 1.807) is 0 Å². The van der Waals surface area contributed by atoms with Crippen molar-refractivity contribution in [1.82, 2.24) is 0 Å². The summed E-state index contributed by atoms with van der Waals surface area (Å²) >= 11 is 0. The van der Waals surface area contributed by atoms with Gasteiger partial charge in [-0.1, -0.05) is 38.3 Å². The largest absolute Gasteiger partial charge is 0.261 e. The van der Waals surface area contributed by atoms with Gasteiger partial charge in [0.15, 0.2) is 0 Å². The van der Waals surface area contributed by atoms with Crippen molar-refractivity contribution in [3.63, 3.8) is 0 Å². The Kier molecular flexibility index (Phi) is 4.15. The molecule has 0 spiro atoms. The van der Waals surface area contributed by atoms with E-state index in [-0.39, 0.29) is 0 Å². The van der Waals surface area contributed by atoms with Crippen molar-refractivity contribution in [2.45, 2.75) is 44.9 Å². The fourth-order valence-corrected chi connectivity index (χ4v) is 2.19. The Morgan fingerprint density at radius 1 is 1.19 bits per heavy atom. The summed E-state index contributed by atoms with van der Waals surface area (Å²) in [4.78, 5) is 4.41. The zero-order valence-electron chi connectivity index (χ0n) is 9.91. The van der Waals surface area contributed by atoms with Gasteiger partial charge in [-0.05, 0) is 42.9 Å². The Labute approximate surface area is 98.6 Å². The minimum atomic E-state index is 1.07. The Hall–Kier alpha value is -1.11. The molecule has 1 aliphatic heterocycles. The summed E-state index contributed by atoms with van der Waals surface area (Å²) in [5, 5.41) is 0. The molecule has 1 nitrogen and oxygen atoms in total. The maximum Gasteiger partial charge on any atom is 0.0657 e. The standard InChI is InChI=1S/C15H20N/c1-2-3-4-5-7-13-9-10-15-14(12-13)8-6-11-16-15/h9-12H,1-8H2.